The fourth-order valence-electron chi connectivity index (χ4n) is 1.15. The molecule has 0 bridgehead atoms. The predicted octanol–water partition coefficient (Wildman–Crippen LogP) is 0.674. The number of nitrogens with two attached hydrogens (primary N) is 1. The Morgan fingerprint density at radius 2 is 2.00 bits per heavy atom. The maximum atomic E-state index is 11.2. The molecule has 0 heterocycles. The summed E-state index contributed by atoms with van der Waals surface area (Å²) in [6, 6.07) is -0.936. The normalized spacial score (nSPS) is 16.1. The molecule has 0 amide bonds. The van der Waals surface area contributed by atoms with Crippen LogP contribution in [-0.4, -0.2) is 29.8 Å². The first-order chi connectivity index (χ1) is 6.28. The van der Waals surface area contributed by atoms with Crippen LogP contribution in [0.2, 0.25) is 0 Å². The van der Waals surface area contributed by atoms with Crippen molar-refractivity contribution in [1.82, 2.24) is 0 Å². The van der Waals surface area contributed by atoms with E-state index in [1.54, 1.807) is 6.92 Å². The number of rotatable bonds is 4. The monoisotopic (exact) mass is 203 g/mol. The van der Waals surface area contributed by atoms with Gasteiger partial charge in [0.05, 0.1) is 12.7 Å². The molecule has 0 saturated carbocycles. The molecule has 0 aromatic heterocycles. The minimum atomic E-state index is -0.936. The Labute approximate surface area is 85.4 Å². The van der Waals surface area contributed by atoms with Crippen LogP contribution in [0.15, 0.2) is 0 Å². The van der Waals surface area contributed by atoms with Crippen LogP contribution in [-0.2, 0) is 9.53 Å². The third kappa shape index (κ3) is 5.19. The summed E-state index contributed by atoms with van der Waals surface area (Å²) >= 11 is 0. The van der Waals surface area contributed by atoms with Gasteiger partial charge in [0.15, 0.2) is 0 Å². The van der Waals surface area contributed by atoms with Crippen LogP contribution in [0.4, 0.5) is 0 Å². The zero-order valence-electron chi connectivity index (χ0n) is 9.41. The molecule has 0 aliphatic carbocycles. The molecule has 0 aromatic rings. The van der Waals surface area contributed by atoms with Crippen molar-refractivity contribution in [3.05, 3.63) is 0 Å². The molecule has 14 heavy (non-hydrogen) atoms. The second-order valence-corrected chi connectivity index (χ2v) is 4.61. The molecule has 0 fully saturated rings. The van der Waals surface area contributed by atoms with E-state index in [4.69, 9.17) is 10.5 Å². The van der Waals surface area contributed by atoms with E-state index in [-0.39, 0.29) is 12.0 Å². The maximum absolute atomic E-state index is 11.2. The summed E-state index contributed by atoms with van der Waals surface area (Å²) < 4.78 is 4.72. The fraction of sp³-hybridized carbons (Fsp3) is 0.900. The van der Waals surface area contributed by atoms with Gasteiger partial charge in [-0.15, -0.1) is 0 Å². The Hall–Kier alpha value is -0.610. The van der Waals surface area contributed by atoms with Crippen LogP contribution in [0.5, 0.6) is 0 Å². The Balaban J connectivity index is 4.11. The average molecular weight is 203 g/mol. The van der Waals surface area contributed by atoms with Crippen molar-refractivity contribution in [3.63, 3.8) is 0 Å². The Morgan fingerprint density at radius 3 is 2.36 bits per heavy atom. The summed E-state index contributed by atoms with van der Waals surface area (Å²) in [6.07, 6.45) is -0.360. The summed E-state index contributed by atoms with van der Waals surface area (Å²) in [5, 5.41) is 9.62. The number of aliphatic hydroxyl groups is 1. The van der Waals surface area contributed by atoms with Gasteiger partial charge in [-0.25, -0.2) is 0 Å². The van der Waals surface area contributed by atoms with Crippen LogP contribution in [0.3, 0.4) is 0 Å². The van der Waals surface area contributed by atoms with E-state index in [1.165, 1.54) is 0 Å². The number of carbonyl (C=O) groups is 1. The van der Waals surface area contributed by atoms with Crippen molar-refractivity contribution in [1.29, 1.82) is 0 Å². The van der Waals surface area contributed by atoms with E-state index >= 15 is 0 Å². The molecule has 2 atom stereocenters. The molecule has 3 N–H and O–H groups in total. The number of hydrogen-bond acceptors (Lipinski definition) is 4. The zero-order valence-corrected chi connectivity index (χ0v) is 9.41. The summed E-state index contributed by atoms with van der Waals surface area (Å²) in [5.41, 5.74) is 5.48. The first-order valence-corrected chi connectivity index (χ1v) is 4.88. The summed E-state index contributed by atoms with van der Waals surface area (Å²) in [6.45, 7) is 7.94. The SMILES string of the molecule is CCOC(=O)C(N)C(O)CC(C)(C)C. The van der Waals surface area contributed by atoms with Crippen LogP contribution >= 0.6 is 0 Å². The number of carbonyl (C=O) groups excluding carboxylic acids is 1. The number of esters is 1. The number of aliphatic hydroxyl groups excluding tert-OH is 1. The van der Waals surface area contributed by atoms with Gasteiger partial charge in [-0.05, 0) is 18.8 Å². The van der Waals surface area contributed by atoms with E-state index in [1.807, 2.05) is 20.8 Å². The lowest BCUT2D eigenvalue weighted by Gasteiger charge is -2.25. The highest BCUT2D eigenvalue weighted by molar-refractivity contribution is 5.76. The standard InChI is InChI=1S/C10H21NO3/c1-5-14-9(13)8(11)7(12)6-10(2,3)4/h7-8,12H,5-6,11H2,1-4H3. The quantitative estimate of drug-likeness (QED) is 0.659. The lowest BCUT2D eigenvalue weighted by molar-refractivity contribution is -0.147. The molecule has 0 aliphatic heterocycles. The van der Waals surface area contributed by atoms with Gasteiger partial charge < -0.3 is 15.6 Å². The average Bonchev–Trinajstić information content (AvgIpc) is 2.00. The third-order valence-corrected chi connectivity index (χ3v) is 1.79. The number of hydrogen-bond donors (Lipinski definition) is 2. The Kier molecular flexibility index (Phi) is 5.08. The minimum absolute atomic E-state index is 0.0521. The molecule has 0 aliphatic rings. The van der Waals surface area contributed by atoms with Crippen molar-refractivity contribution < 1.29 is 14.6 Å². The molecule has 2 unspecified atom stereocenters. The molecule has 4 nitrogen and oxygen atoms in total. The maximum Gasteiger partial charge on any atom is 0.325 e. The summed E-state index contributed by atoms with van der Waals surface area (Å²) in [4.78, 5) is 11.2. The van der Waals surface area contributed by atoms with Crippen molar-refractivity contribution in [3.8, 4) is 0 Å². The van der Waals surface area contributed by atoms with E-state index in [9.17, 15) is 9.90 Å². The molecule has 0 rings (SSSR count). The van der Waals surface area contributed by atoms with Gasteiger partial charge in [-0.2, -0.15) is 0 Å². The van der Waals surface area contributed by atoms with Gasteiger partial charge in [0.25, 0.3) is 0 Å². The van der Waals surface area contributed by atoms with Crippen molar-refractivity contribution in [2.24, 2.45) is 11.1 Å². The topological polar surface area (TPSA) is 72.5 Å². The molecule has 0 spiro atoms. The summed E-state index contributed by atoms with van der Waals surface area (Å²) in [5.74, 6) is -0.538. The second-order valence-electron chi connectivity index (χ2n) is 4.61. The van der Waals surface area contributed by atoms with Crippen molar-refractivity contribution >= 4 is 5.97 Å². The minimum Gasteiger partial charge on any atom is -0.465 e. The van der Waals surface area contributed by atoms with Gasteiger partial charge >= 0.3 is 5.97 Å². The lowest BCUT2D eigenvalue weighted by Crippen LogP contribution is -2.44. The van der Waals surface area contributed by atoms with Crippen LogP contribution < -0.4 is 5.73 Å². The van der Waals surface area contributed by atoms with E-state index in [2.05, 4.69) is 0 Å². The van der Waals surface area contributed by atoms with Gasteiger partial charge in [-0.3, -0.25) is 4.79 Å². The highest BCUT2D eigenvalue weighted by atomic mass is 16.5. The molecular weight excluding hydrogens is 182 g/mol. The number of ether oxygens (including phenoxy) is 1. The molecule has 0 radical (unpaired) electrons. The summed E-state index contributed by atoms with van der Waals surface area (Å²) in [7, 11) is 0. The van der Waals surface area contributed by atoms with Crippen LogP contribution in [0, 0.1) is 5.41 Å². The van der Waals surface area contributed by atoms with Gasteiger partial charge in [0, 0.05) is 0 Å². The second kappa shape index (κ2) is 5.32. The van der Waals surface area contributed by atoms with E-state index in [0.29, 0.717) is 6.42 Å². The molecule has 0 aromatic carbocycles. The van der Waals surface area contributed by atoms with Gasteiger partial charge in [0.1, 0.15) is 6.04 Å². The van der Waals surface area contributed by atoms with Crippen molar-refractivity contribution in [2.45, 2.75) is 46.3 Å². The highest BCUT2D eigenvalue weighted by Gasteiger charge is 2.27. The largest absolute Gasteiger partial charge is 0.465 e. The first kappa shape index (κ1) is 13.4. The third-order valence-electron chi connectivity index (χ3n) is 1.79. The van der Waals surface area contributed by atoms with E-state index < -0.39 is 18.1 Å². The molecule has 84 valence electrons. The van der Waals surface area contributed by atoms with Gasteiger partial charge in [0.2, 0.25) is 0 Å². The fourth-order valence-corrected chi connectivity index (χ4v) is 1.15. The lowest BCUT2D eigenvalue weighted by atomic mass is 9.87. The zero-order chi connectivity index (χ0) is 11.4. The van der Waals surface area contributed by atoms with Crippen LogP contribution in [0.25, 0.3) is 0 Å². The first-order valence-electron chi connectivity index (χ1n) is 4.88. The molecule has 0 saturated heterocycles. The smallest absolute Gasteiger partial charge is 0.325 e. The molecule has 4 heteroatoms. The Bertz CT molecular complexity index is 186. The van der Waals surface area contributed by atoms with Gasteiger partial charge in [-0.1, -0.05) is 20.8 Å². The van der Waals surface area contributed by atoms with Crippen molar-refractivity contribution in [2.75, 3.05) is 6.61 Å². The Morgan fingerprint density at radius 1 is 1.50 bits per heavy atom. The van der Waals surface area contributed by atoms with Crippen LogP contribution in [0.1, 0.15) is 34.1 Å². The predicted molar refractivity (Wildman–Crippen MR) is 54.7 cm³/mol. The van der Waals surface area contributed by atoms with E-state index in [0.717, 1.165) is 0 Å². The molecular formula is C10H21NO3. The highest BCUT2D eigenvalue weighted by Crippen LogP contribution is 2.21.